The zero-order valence-corrected chi connectivity index (χ0v) is 34.6. The normalized spacial score (nSPS) is 19.5. The van der Waals surface area contributed by atoms with E-state index in [0.717, 1.165) is 11.3 Å². The lowest BCUT2D eigenvalue weighted by atomic mass is 9.93. The van der Waals surface area contributed by atoms with Crippen LogP contribution in [0.3, 0.4) is 0 Å². The molecule has 0 aromatic heterocycles. The number of hydrogen-bond acceptors (Lipinski definition) is 8. The van der Waals surface area contributed by atoms with Crippen molar-refractivity contribution in [3.8, 4) is 5.75 Å². The molecular formula is C42H62O8Si2. The monoisotopic (exact) mass is 750 g/mol. The maximum atomic E-state index is 12.5. The molecule has 3 aromatic rings. The van der Waals surface area contributed by atoms with Gasteiger partial charge in [0.25, 0.3) is 8.32 Å². The molecule has 0 unspecified atom stereocenters. The number of carbonyl (C=O) groups excluding carboxylic acids is 1. The van der Waals surface area contributed by atoms with Crippen LogP contribution in [-0.2, 0) is 34.5 Å². The number of aliphatic hydroxyl groups excluding tert-OH is 1. The van der Waals surface area contributed by atoms with E-state index in [9.17, 15) is 9.90 Å². The number of benzene rings is 3. The first-order valence-corrected chi connectivity index (χ1v) is 24.2. The molecule has 1 fully saturated rings. The highest BCUT2D eigenvalue weighted by Crippen LogP contribution is 2.37. The van der Waals surface area contributed by atoms with Crippen LogP contribution >= 0.6 is 0 Å². The number of esters is 1. The fourth-order valence-corrected chi connectivity index (χ4v) is 13.1. The molecule has 0 amide bonds. The third-order valence-electron chi connectivity index (χ3n) is 9.55. The molecule has 8 nitrogen and oxygen atoms in total. The van der Waals surface area contributed by atoms with Gasteiger partial charge in [-0.25, -0.2) is 0 Å². The maximum absolute atomic E-state index is 12.5. The van der Waals surface area contributed by atoms with Crippen molar-refractivity contribution in [3.05, 3.63) is 90.5 Å². The molecule has 4 rings (SSSR count). The molecule has 0 spiro atoms. The number of aliphatic hydroxyl groups is 1. The third-order valence-corrected chi connectivity index (χ3v) is 15.6. The summed E-state index contributed by atoms with van der Waals surface area (Å²) in [6.07, 6.45) is 1.46. The molecule has 0 radical (unpaired) electrons. The first-order valence-electron chi connectivity index (χ1n) is 18.9. The van der Waals surface area contributed by atoms with Crippen LogP contribution in [-0.4, -0.2) is 78.6 Å². The summed E-state index contributed by atoms with van der Waals surface area (Å²) in [5, 5.41) is 13.4. The zero-order chi connectivity index (χ0) is 37.8. The molecule has 1 heterocycles. The number of methoxy groups -OCH3 is 1. The molecule has 1 N–H and O–H groups in total. The average molecular weight is 751 g/mol. The van der Waals surface area contributed by atoms with Gasteiger partial charge in [0.05, 0.1) is 57.3 Å². The maximum Gasteiger partial charge on any atom is 0.308 e. The number of rotatable bonds is 19. The van der Waals surface area contributed by atoms with Crippen LogP contribution in [0, 0.1) is 0 Å². The van der Waals surface area contributed by atoms with Crippen molar-refractivity contribution < 1.29 is 37.7 Å². The highest BCUT2D eigenvalue weighted by atomic mass is 28.4. The minimum Gasteiger partial charge on any atom is -0.497 e. The zero-order valence-electron chi connectivity index (χ0n) is 32.6. The molecule has 1 aliphatic rings. The van der Waals surface area contributed by atoms with Gasteiger partial charge in [-0.2, -0.15) is 0 Å². The first-order chi connectivity index (χ1) is 24.7. The summed E-state index contributed by atoms with van der Waals surface area (Å²) < 4.78 is 37.7. The highest BCUT2D eigenvalue weighted by molar-refractivity contribution is 6.99. The van der Waals surface area contributed by atoms with E-state index >= 15 is 0 Å². The minimum atomic E-state index is -2.73. The fourth-order valence-electron chi connectivity index (χ4n) is 7.37. The van der Waals surface area contributed by atoms with Gasteiger partial charge in [-0.05, 0) is 91.8 Å². The standard InChI is InChI=1S/C42H62O8Si2/c1-9-46-41(44)30-38(50-51(6,7)8)29-37-27-33(43)26-36(49-37)28-35(47-31-32-20-22-34(45-5)23-21-32)24-25-48-52(42(2,3)4,39-16-12-10-13-17-39)40-18-14-11-15-19-40/h10-23,33,35-38,43H,9,24-31H2,1-8H3/t33-,35-,36-,37+,38+/m0/s1. The number of carbonyl (C=O) groups is 1. The van der Waals surface area contributed by atoms with Gasteiger partial charge in [0.2, 0.25) is 0 Å². The lowest BCUT2D eigenvalue weighted by molar-refractivity contribution is -0.147. The van der Waals surface area contributed by atoms with Crippen molar-refractivity contribution in [2.45, 2.75) is 128 Å². The Labute approximate surface area is 314 Å². The third kappa shape index (κ3) is 12.4. The van der Waals surface area contributed by atoms with E-state index in [0.29, 0.717) is 51.9 Å². The molecule has 0 bridgehead atoms. The van der Waals surface area contributed by atoms with Gasteiger partial charge in [-0.3, -0.25) is 4.79 Å². The molecule has 1 aliphatic heterocycles. The van der Waals surface area contributed by atoms with Crippen LogP contribution in [0.2, 0.25) is 24.7 Å². The van der Waals surface area contributed by atoms with Crippen molar-refractivity contribution >= 4 is 33.0 Å². The van der Waals surface area contributed by atoms with E-state index < -0.39 is 22.7 Å². The van der Waals surface area contributed by atoms with Gasteiger partial charge >= 0.3 is 5.97 Å². The van der Waals surface area contributed by atoms with Crippen molar-refractivity contribution in [2.75, 3.05) is 20.3 Å². The Kier molecular flexibility index (Phi) is 15.7. The van der Waals surface area contributed by atoms with Crippen LogP contribution in [0.5, 0.6) is 5.75 Å². The van der Waals surface area contributed by atoms with Crippen LogP contribution in [0.25, 0.3) is 0 Å². The molecule has 0 saturated carbocycles. The summed E-state index contributed by atoms with van der Waals surface area (Å²) in [5.41, 5.74) is 1.05. The van der Waals surface area contributed by atoms with Crippen LogP contribution < -0.4 is 15.1 Å². The fraction of sp³-hybridized carbons (Fsp3) is 0.548. The Balaban J connectivity index is 1.54. The first kappa shape index (κ1) is 41.9. The van der Waals surface area contributed by atoms with E-state index in [2.05, 4.69) is 101 Å². The van der Waals surface area contributed by atoms with E-state index in [1.54, 1.807) is 7.11 Å². The smallest absolute Gasteiger partial charge is 0.308 e. The highest BCUT2D eigenvalue weighted by Gasteiger charge is 2.50. The Bertz CT molecular complexity index is 1430. The molecule has 286 valence electrons. The van der Waals surface area contributed by atoms with Gasteiger partial charge in [0.15, 0.2) is 8.32 Å². The van der Waals surface area contributed by atoms with E-state index in [1.165, 1.54) is 10.4 Å². The van der Waals surface area contributed by atoms with Crippen molar-refractivity contribution in [1.29, 1.82) is 0 Å². The Hall–Kier alpha value is -2.84. The van der Waals surface area contributed by atoms with Gasteiger partial charge in [-0.1, -0.05) is 93.6 Å². The van der Waals surface area contributed by atoms with Crippen molar-refractivity contribution in [1.82, 2.24) is 0 Å². The van der Waals surface area contributed by atoms with Gasteiger partial charge < -0.3 is 32.9 Å². The second-order valence-corrected chi connectivity index (χ2v) is 24.7. The second kappa shape index (κ2) is 19.5. The van der Waals surface area contributed by atoms with Crippen molar-refractivity contribution in [2.24, 2.45) is 0 Å². The summed E-state index contributed by atoms with van der Waals surface area (Å²) in [4.78, 5) is 12.5. The molecule has 1 saturated heterocycles. The van der Waals surface area contributed by atoms with E-state index in [4.69, 9.17) is 27.8 Å². The van der Waals surface area contributed by atoms with Gasteiger partial charge in [0, 0.05) is 6.61 Å². The average Bonchev–Trinajstić information content (AvgIpc) is 3.08. The number of ether oxygens (including phenoxy) is 4. The van der Waals surface area contributed by atoms with E-state index in [-0.39, 0.29) is 41.8 Å². The molecule has 52 heavy (non-hydrogen) atoms. The lowest BCUT2D eigenvalue weighted by Crippen LogP contribution is -2.66. The minimum absolute atomic E-state index is 0.142. The molecule has 10 heteroatoms. The largest absolute Gasteiger partial charge is 0.497 e. The second-order valence-electron chi connectivity index (χ2n) is 15.9. The SMILES string of the molecule is CCOC(=O)C[C@@H](C[C@H]1C[C@@H](O)C[C@@H](C[C@H](CCO[Si](c2ccccc2)(c2ccccc2)C(C)(C)C)OCc2ccc(OC)cc2)O1)O[Si](C)(C)C. The molecular weight excluding hydrogens is 689 g/mol. The van der Waals surface area contributed by atoms with E-state index in [1.807, 2.05) is 31.2 Å². The predicted molar refractivity (Wildman–Crippen MR) is 212 cm³/mol. The Morgan fingerprint density at radius 3 is 1.92 bits per heavy atom. The van der Waals surface area contributed by atoms with Gasteiger partial charge in [0.1, 0.15) is 5.75 Å². The van der Waals surface area contributed by atoms with Crippen LogP contribution in [0.15, 0.2) is 84.9 Å². The summed E-state index contributed by atoms with van der Waals surface area (Å²) in [6, 6.07) is 29.3. The molecule has 3 aromatic carbocycles. The molecule has 5 atom stereocenters. The van der Waals surface area contributed by atoms with Crippen LogP contribution in [0.4, 0.5) is 0 Å². The van der Waals surface area contributed by atoms with Crippen molar-refractivity contribution in [3.63, 3.8) is 0 Å². The quantitative estimate of drug-likeness (QED) is 0.100. The Morgan fingerprint density at radius 1 is 0.865 bits per heavy atom. The Morgan fingerprint density at radius 2 is 1.42 bits per heavy atom. The predicted octanol–water partition coefficient (Wildman–Crippen LogP) is 7.41. The summed E-state index contributed by atoms with van der Waals surface area (Å²) in [6.45, 7) is 16.3. The summed E-state index contributed by atoms with van der Waals surface area (Å²) >= 11 is 0. The number of hydrogen-bond donors (Lipinski definition) is 1. The summed E-state index contributed by atoms with van der Waals surface area (Å²) in [5.74, 6) is 0.528. The summed E-state index contributed by atoms with van der Waals surface area (Å²) in [7, 11) is -3.03. The molecule has 0 aliphatic carbocycles. The van der Waals surface area contributed by atoms with Gasteiger partial charge in [-0.15, -0.1) is 0 Å². The topological polar surface area (TPSA) is 92.7 Å². The lowest BCUT2D eigenvalue weighted by Gasteiger charge is -2.43. The van der Waals surface area contributed by atoms with Crippen LogP contribution in [0.1, 0.15) is 71.8 Å².